The molecule has 5 N–H and O–H groups in total. The SMILES string of the molecule is Cc1cscc1CNc1ccc(N)c(C(N)=O)c1. The number of carbonyl (C=O) groups is 1. The zero-order chi connectivity index (χ0) is 13.1. The number of benzene rings is 1. The average Bonchev–Trinajstić information content (AvgIpc) is 2.73. The maximum Gasteiger partial charge on any atom is 0.250 e. The summed E-state index contributed by atoms with van der Waals surface area (Å²) < 4.78 is 0. The van der Waals surface area contributed by atoms with E-state index in [1.165, 1.54) is 11.1 Å². The second-order valence-electron chi connectivity index (χ2n) is 4.10. The molecule has 0 radical (unpaired) electrons. The van der Waals surface area contributed by atoms with Gasteiger partial charge in [-0.2, -0.15) is 11.3 Å². The van der Waals surface area contributed by atoms with Crippen LogP contribution in [0.25, 0.3) is 0 Å². The number of hydrogen-bond donors (Lipinski definition) is 3. The van der Waals surface area contributed by atoms with E-state index in [1.54, 1.807) is 23.5 Å². The predicted octanol–water partition coefficient (Wildman–Crippen LogP) is 2.35. The van der Waals surface area contributed by atoms with Gasteiger partial charge in [0.2, 0.25) is 0 Å². The van der Waals surface area contributed by atoms with E-state index >= 15 is 0 Å². The summed E-state index contributed by atoms with van der Waals surface area (Å²) in [5, 5.41) is 7.47. The number of thiophene rings is 1. The van der Waals surface area contributed by atoms with Gasteiger partial charge in [0.15, 0.2) is 0 Å². The van der Waals surface area contributed by atoms with Gasteiger partial charge in [0.25, 0.3) is 5.91 Å². The number of carbonyl (C=O) groups excluding carboxylic acids is 1. The Balaban J connectivity index is 2.13. The van der Waals surface area contributed by atoms with Gasteiger partial charge in [-0.15, -0.1) is 0 Å². The molecule has 0 aliphatic carbocycles. The summed E-state index contributed by atoms with van der Waals surface area (Å²) in [6.07, 6.45) is 0. The number of amides is 1. The van der Waals surface area contributed by atoms with E-state index in [1.807, 2.05) is 6.07 Å². The van der Waals surface area contributed by atoms with E-state index in [-0.39, 0.29) is 0 Å². The quantitative estimate of drug-likeness (QED) is 0.739. The number of primary amides is 1. The van der Waals surface area contributed by atoms with Gasteiger partial charge in [0, 0.05) is 17.9 Å². The van der Waals surface area contributed by atoms with Crippen molar-refractivity contribution in [3.8, 4) is 0 Å². The number of nitrogen functional groups attached to an aromatic ring is 1. The largest absolute Gasteiger partial charge is 0.398 e. The fourth-order valence-electron chi connectivity index (χ4n) is 1.64. The summed E-state index contributed by atoms with van der Waals surface area (Å²) in [5.41, 5.74) is 15.0. The molecule has 0 saturated carbocycles. The van der Waals surface area contributed by atoms with Crippen LogP contribution in [0, 0.1) is 6.92 Å². The molecule has 1 amide bonds. The summed E-state index contributed by atoms with van der Waals surface area (Å²) in [7, 11) is 0. The second kappa shape index (κ2) is 5.10. The van der Waals surface area contributed by atoms with Gasteiger partial charge >= 0.3 is 0 Å². The van der Waals surface area contributed by atoms with Crippen LogP contribution < -0.4 is 16.8 Å². The van der Waals surface area contributed by atoms with Crippen LogP contribution in [0.1, 0.15) is 21.5 Å². The summed E-state index contributed by atoms with van der Waals surface area (Å²) in [5.74, 6) is -0.511. The van der Waals surface area contributed by atoms with E-state index in [2.05, 4.69) is 23.0 Å². The molecule has 0 fully saturated rings. The van der Waals surface area contributed by atoms with Crippen molar-refractivity contribution in [1.82, 2.24) is 0 Å². The summed E-state index contributed by atoms with van der Waals surface area (Å²) in [6.45, 7) is 2.79. The Labute approximate surface area is 110 Å². The first kappa shape index (κ1) is 12.4. The van der Waals surface area contributed by atoms with Crippen LogP contribution in [0.15, 0.2) is 29.0 Å². The maximum atomic E-state index is 11.2. The smallest absolute Gasteiger partial charge is 0.250 e. The predicted molar refractivity (Wildman–Crippen MR) is 75.8 cm³/mol. The molecule has 4 nitrogen and oxygen atoms in total. The van der Waals surface area contributed by atoms with Crippen LogP contribution in [0.5, 0.6) is 0 Å². The van der Waals surface area contributed by atoms with Crippen LogP contribution in [-0.4, -0.2) is 5.91 Å². The standard InChI is InChI=1S/C13H15N3OS/c1-8-6-18-7-9(8)5-16-10-2-3-12(14)11(4-10)13(15)17/h2-4,6-7,16H,5,14H2,1H3,(H2,15,17). The first-order chi connectivity index (χ1) is 8.58. The van der Waals surface area contributed by atoms with Crippen molar-refractivity contribution in [2.24, 2.45) is 5.73 Å². The van der Waals surface area contributed by atoms with Crippen LogP contribution in [0.4, 0.5) is 11.4 Å². The molecule has 0 saturated heterocycles. The van der Waals surface area contributed by atoms with Crippen molar-refractivity contribution >= 4 is 28.6 Å². The molecule has 2 rings (SSSR count). The van der Waals surface area contributed by atoms with Crippen LogP contribution in [-0.2, 0) is 6.54 Å². The Bertz CT molecular complexity index is 577. The van der Waals surface area contributed by atoms with Crippen LogP contribution in [0.3, 0.4) is 0 Å². The molecule has 1 aromatic carbocycles. The molecule has 2 aromatic rings. The topological polar surface area (TPSA) is 81.1 Å². The van der Waals surface area contributed by atoms with Crippen molar-refractivity contribution in [1.29, 1.82) is 0 Å². The molecule has 94 valence electrons. The third-order valence-corrected chi connectivity index (χ3v) is 3.67. The maximum absolute atomic E-state index is 11.2. The van der Waals surface area contributed by atoms with Crippen molar-refractivity contribution in [2.45, 2.75) is 13.5 Å². The summed E-state index contributed by atoms with van der Waals surface area (Å²) >= 11 is 1.68. The molecule has 0 aliphatic heterocycles. The van der Waals surface area contributed by atoms with Gasteiger partial charge in [-0.3, -0.25) is 4.79 Å². The molecular weight excluding hydrogens is 246 g/mol. The molecule has 0 aliphatic rings. The number of nitrogens with two attached hydrogens (primary N) is 2. The highest BCUT2D eigenvalue weighted by Gasteiger charge is 2.07. The fourth-order valence-corrected chi connectivity index (χ4v) is 2.50. The highest BCUT2D eigenvalue weighted by Crippen LogP contribution is 2.19. The molecule has 18 heavy (non-hydrogen) atoms. The fraction of sp³-hybridized carbons (Fsp3) is 0.154. The van der Waals surface area contributed by atoms with Gasteiger partial charge in [-0.1, -0.05) is 0 Å². The van der Waals surface area contributed by atoms with E-state index < -0.39 is 5.91 Å². The minimum absolute atomic E-state index is 0.349. The molecule has 0 spiro atoms. The molecule has 0 atom stereocenters. The third kappa shape index (κ3) is 2.62. The van der Waals surface area contributed by atoms with E-state index in [0.29, 0.717) is 11.3 Å². The molecule has 1 aromatic heterocycles. The van der Waals surface area contributed by atoms with Crippen molar-refractivity contribution in [3.63, 3.8) is 0 Å². The molecule has 1 heterocycles. The van der Waals surface area contributed by atoms with Crippen molar-refractivity contribution < 1.29 is 4.79 Å². The zero-order valence-electron chi connectivity index (χ0n) is 10.1. The minimum atomic E-state index is -0.511. The average molecular weight is 261 g/mol. The minimum Gasteiger partial charge on any atom is -0.398 e. The van der Waals surface area contributed by atoms with Crippen LogP contribution >= 0.6 is 11.3 Å². The van der Waals surface area contributed by atoms with E-state index in [4.69, 9.17) is 11.5 Å². The second-order valence-corrected chi connectivity index (χ2v) is 4.84. The Morgan fingerprint density at radius 2 is 2.17 bits per heavy atom. The monoisotopic (exact) mass is 261 g/mol. The zero-order valence-corrected chi connectivity index (χ0v) is 10.9. The highest BCUT2D eigenvalue weighted by molar-refractivity contribution is 7.08. The number of hydrogen-bond acceptors (Lipinski definition) is 4. The number of aryl methyl sites for hydroxylation is 1. The Hall–Kier alpha value is -2.01. The number of rotatable bonds is 4. The van der Waals surface area contributed by atoms with E-state index in [9.17, 15) is 4.79 Å². The Kier molecular flexibility index (Phi) is 3.53. The molecule has 0 bridgehead atoms. The lowest BCUT2D eigenvalue weighted by atomic mass is 10.1. The molecule has 5 heteroatoms. The van der Waals surface area contributed by atoms with Gasteiger partial charge in [-0.05, 0) is 47.0 Å². The lowest BCUT2D eigenvalue weighted by Crippen LogP contribution is -2.14. The lowest BCUT2D eigenvalue weighted by Gasteiger charge is -2.09. The first-order valence-electron chi connectivity index (χ1n) is 5.53. The lowest BCUT2D eigenvalue weighted by molar-refractivity contribution is 0.100. The first-order valence-corrected chi connectivity index (χ1v) is 6.47. The van der Waals surface area contributed by atoms with Gasteiger partial charge in [-0.25, -0.2) is 0 Å². The van der Waals surface area contributed by atoms with Crippen LogP contribution in [0.2, 0.25) is 0 Å². The van der Waals surface area contributed by atoms with Gasteiger partial charge in [0.1, 0.15) is 0 Å². The van der Waals surface area contributed by atoms with Gasteiger partial charge < -0.3 is 16.8 Å². The number of anilines is 2. The van der Waals surface area contributed by atoms with Gasteiger partial charge in [0.05, 0.1) is 5.56 Å². The molecule has 0 unspecified atom stereocenters. The highest BCUT2D eigenvalue weighted by atomic mass is 32.1. The normalized spacial score (nSPS) is 10.3. The molecular formula is C13H15N3OS. The van der Waals surface area contributed by atoms with Crippen molar-refractivity contribution in [3.05, 3.63) is 45.6 Å². The summed E-state index contributed by atoms with van der Waals surface area (Å²) in [6, 6.07) is 5.20. The number of nitrogens with one attached hydrogen (secondary N) is 1. The third-order valence-electron chi connectivity index (χ3n) is 2.76. The Morgan fingerprint density at radius 3 is 2.78 bits per heavy atom. The van der Waals surface area contributed by atoms with E-state index in [0.717, 1.165) is 12.2 Å². The summed E-state index contributed by atoms with van der Waals surface area (Å²) in [4.78, 5) is 11.2. The Morgan fingerprint density at radius 1 is 1.39 bits per heavy atom. The van der Waals surface area contributed by atoms with Crippen molar-refractivity contribution in [2.75, 3.05) is 11.1 Å².